The third-order valence-corrected chi connectivity index (χ3v) is 5.12. The molecule has 6 heteroatoms. The number of ether oxygens (including phenoxy) is 1. The van der Waals surface area contributed by atoms with Gasteiger partial charge in [-0.05, 0) is 50.3 Å². The summed E-state index contributed by atoms with van der Waals surface area (Å²) in [4.78, 5) is 30.0. The minimum Gasteiger partial charge on any atom is -0.465 e. The van der Waals surface area contributed by atoms with E-state index in [0.29, 0.717) is 16.3 Å². The predicted molar refractivity (Wildman–Crippen MR) is 89.2 cm³/mol. The Morgan fingerprint density at radius 3 is 2.78 bits per heavy atom. The molecule has 2 heterocycles. The van der Waals surface area contributed by atoms with Gasteiger partial charge < -0.3 is 10.1 Å². The van der Waals surface area contributed by atoms with Gasteiger partial charge in [0.1, 0.15) is 10.7 Å². The molecule has 0 unspecified atom stereocenters. The largest absolute Gasteiger partial charge is 0.465 e. The van der Waals surface area contributed by atoms with Crippen LogP contribution >= 0.6 is 11.3 Å². The molecule has 1 aliphatic rings. The van der Waals surface area contributed by atoms with Gasteiger partial charge in [-0.3, -0.25) is 4.79 Å². The topological polar surface area (TPSA) is 68.3 Å². The molecule has 3 rings (SSSR count). The summed E-state index contributed by atoms with van der Waals surface area (Å²) in [6.45, 7) is 1.83. The molecule has 0 saturated heterocycles. The summed E-state index contributed by atoms with van der Waals surface area (Å²) in [5, 5.41) is 3.41. The Kier molecular flexibility index (Phi) is 4.43. The number of aryl methyl sites for hydroxylation is 2. The van der Waals surface area contributed by atoms with Crippen molar-refractivity contribution in [3.63, 3.8) is 0 Å². The molecule has 23 heavy (non-hydrogen) atoms. The Labute approximate surface area is 138 Å². The van der Waals surface area contributed by atoms with Crippen molar-refractivity contribution in [2.45, 2.75) is 32.6 Å². The number of thiophene rings is 1. The van der Waals surface area contributed by atoms with E-state index in [1.807, 2.05) is 13.0 Å². The van der Waals surface area contributed by atoms with Gasteiger partial charge in [0.25, 0.3) is 5.91 Å². The number of nitrogens with one attached hydrogen (secondary N) is 1. The first-order chi connectivity index (χ1) is 11.1. The molecule has 0 fully saturated rings. The quantitative estimate of drug-likeness (QED) is 0.876. The van der Waals surface area contributed by atoms with Crippen LogP contribution in [-0.4, -0.2) is 24.0 Å². The van der Waals surface area contributed by atoms with Crippen LogP contribution in [0.2, 0.25) is 0 Å². The Hall–Kier alpha value is -2.21. The average molecular weight is 330 g/mol. The summed E-state index contributed by atoms with van der Waals surface area (Å²) in [7, 11) is 1.36. The minimum atomic E-state index is -0.392. The third kappa shape index (κ3) is 3.12. The van der Waals surface area contributed by atoms with Gasteiger partial charge in [-0.1, -0.05) is 6.07 Å². The molecule has 0 aliphatic heterocycles. The lowest BCUT2D eigenvalue weighted by molar-refractivity contribution is 0.0601. The van der Waals surface area contributed by atoms with Gasteiger partial charge in [0, 0.05) is 10.6 Å². The molecule has 120 valence electrons. The molecular formula is C17H18N2O3S. The van der Waals surface area contributed by atoms with E-state index in [1.165, 1.54) is 23.3 Å². The van der Waals surface area contributed by atoms with E-state index in [1.54, 1.807) is 12.1 Å². The van der Waals surface area contributed by atoms with Crippen LogP contribution in [0.1, 0.15) is 49.8 Å². The molecule has 0 aromatic carbocycles. The number of fused-ring (bicyclic) bond motifs is 1. The van der Waals surface area contributed by atoms with Gasteiger partial charge in [-0.25, -0.2) is 9.78 Å². The lowest BCUT2D eigenvalue weighted by Gasteiger charge is -2.11. The number of nitrogens with zero attached hydrogens (tertiary/aromatic N) is 1. The van der Waals surface area contributed by atoms with Crippen molar-refractivity contribution >= 4 is 28.2 Å². The number of amides is 1. The number of anilines is 1. The minimum absolute atomic E-state index is 0.308. The molecular weight excluding hydrogens is 312 g/mol. The average Bonchev–Trinajstić information content (AvgIpc) is 2.92. The number of aromatic nitrogens is 1. The molecule has 2 aromatic rings. The van der Waals surface area contributed by atoms with Crippen LogP contribution in [0.5, 0.6) is 0 Å². The van der Waals surface area contributed by atoms with Gasteiger partial charge >= 0.3 is 5.97 Å². The Morgan fingerprint density at radius 2 is 2.04 bits per heavy atom. The lowest BCUT2D eigenvalue weighted by atomic mass is 9.95. The van der Waals surface area contributed by atoms with Gasteiger partial charge in [0.05, 0.1) is 12.7 Å². The zero-order valence-corrected chi connectivity index (χ0v) is 14.0. The van der Waals surface area contributed by atoms with Crippen LogP contribution in [0.4, 0.5) is 5.00 Å². The van der Waals surface area contributed by atoms with E-state index in [9.17, 15) is 9.59 Å². The number of carbonyl (C=O) groups excluding carboxylic acids is 2. The molecule has 2 aromatic heterocycles. The highest BCUT2D eigenvalue weighted by Gasteiger charge is 2.27. The number of hydrogen-bond donors (Lipinski definition) is 1. The Balaban J connectivity index is 1.94. The zero-order valence-electron chi connectivity index (χ0n) is 13.1. The maximum absolute atomic E-state index is 12.4. The van der Waals surface area contributed by atoms with Gasteiger partial charge in [-0.15, -0.1) is 11.3 Å². The number of carbonyl (C=O) groups is 2. The molecule has 1 aliphatic carbocycles. The Morgan fingerprint density at radius 1 is 1.26 bits per heavy atom. The smallest absolute Gasteiger partial charge is 0.341 e. The van der Waals surface area contributed by atoms with Crippen LogP contribution in [0, 0.1) is 6.92 Å². The fraction of sp³-hybridized carbons (Fsp3) is 0.353. The second kappa shape index (κ2) is 6.50. The molecule has 0 radical (unpaired) electrons. The molecule has 5 nitrogen and oxygen atoms in total. The summed E-state index contributed by atoms with van der Waals surface area (Å²) in [5.41, 5.74) is 2.65. The second-order valence-electron chi connectivity index (χ2n) is 5.52. The van der Waals surface area contributed by atoms with Crippen LogP contribution in [0.15, 0.2) is 18.2 Å². The zero-order chi connectivity index (χ0) is 16.4. The number of pyridine rings is 1. The van der Waals surface area contributed by atoms with E-state index in [2.05, 4.69) is 10.3 Å². The molecule has 0 bridgehead atoms. The van der Waals surface area contributed by atoms with Crippen LogP contribution in [-0.2, 0) is 17.6 Å². The van der Waals surface area contributed by atoms with Crippen LogP contribution < -0.4 is 5.32 Å². The SMILES string of the molecule is COC(=O)c1c(NC(=O)c2cccc(C)n2)sc2c1CCCC2. The van der Waals surface area contributed by atoms with E-state index in [0.717, 1.165) is 36.9 Å². The Bertz CT molecular complexity index is 767. The fourth-order valence-corrected chi connectivity index (χ4v) is 4.08. The first-order valence-corrected chi connectivity index (χ1v) is 8.39. The van der Waals surface area contributed by atoms with Crippen molar-refractivity contribution < 1.29 is 14.3 Å². The summed E-state index contributed by atoms with van der Waals surface area (Å²) < 4.78 is 4.91. The number of esters is 1. The van der Waals surface area contributed by atoms with E-state index in [4.69, 9.17) is 4.74 Å². The van der Waals surface area contributed by atoms with E-state index in [-0.39, 0.29) is 5.91 Å². The standard InChI is InChI=1S/C17H18N2O3S/c1-10-6-5-8-12(18-10)15(20)19-16-14(17(21)22-2)11-7-3-4-9-13(11)23-16/h5-6,8H,3-4,7,9H2,1-2H3,(H,19,20). The van der Waals surface area contributed by atoms with Gasteiger partial charge in [0.2, 0.25) is 0 Å². The number of methoxy groups -OCH3 is 1. The predicted octanol–water partition coefficient (Wildman–Crippen LogP) is 3.37. The van der Waals surface area contributed by atoms with Crippen molar-refractivity contribution in [3.05, 3.63) is 45.6 Å². The van der Waals surface area contributed by atoms with Crippen molar-refractivity contribution in [2.75, 3.05) is 12.4 Å². The molecule has 1 amide bonds. The molecule has 1 N–H and O–H groups in total. The second-order valence-corrected chi connectivity index (χ2v) is 6.63. The van der Waals surface area contributed by atoms with Crippen molar-refractivity contribution in [2.24, 2.45) is 0 Å². The first kappa shape index (κ1) is 15.7. The molecule has 0 saturated carbocycles. The van der Waals surface area contributed by atoms with E-state index >= 15 is 0 Å². The van der Waals surface area contributed by atoms with Crippen LogP contribution in [0.3, 0.4) is 0 Å². The van der Waals surface area contributed by atoms with Gasteiger partial charge in [-0.2, -0.15) is 0 Å². The van der Waals surface area contributed by atoms with Crippen molar-refractivity contribution in [3.8, 4) is 0 Å². The monoisotopic (exact) mass is 330 g/mol. The maximum atomic E-state index is 12.4. The maximum Gasteiger partial charge on any atom is 0.341 e. The highest BCUT2D eigenvalue weighted by molar-refractivity contribution is 7.17. The third-order valence-electron chi connectivity index (χ3n) is 3.91. The normalized spacial score (nSPS) is 13.3. The van der Waals surface area contributed by atoms with Crippen molar-refractivity contribution in [1.29, 1.82) is 0 Å². The highest BCUT2D eigenvalue weighted by atomic mass is 32.1. The molecule has 0 spiro atoms. The summed E-state index contributed by atoms with van der Waals surface area (Å²) in [6, 6.07) is 5.28. The first-order valence-electron chi connectivity index (χ1n) is 7.58. The highest BCUT2D eigenvalue weighted by Crippen LogP contribution is 2.38. The van der Waals surface area contributed by atoms with Crippen molar-refractivity contribution in [1.82, 2.24) is 4.98 Å². The fourth-order valence-electron chi connectivity index (χ4n) is 2.81. The number of rotatable bonds is 3. The number of hydrogen-bond acceptors (Lipinski definition) is 5. The van der Waals surface area contributed by atoms with Gasteiger partial charge in [0.15, 0.2) is 0 Å². The van der Waals surface area contributed by atoms with Crippen LogP contribution in [0.25, 0.3) is 0 Å². The lowest BCUT2D eigenvalue weighted by Crippen LogP contribution is -2.16. The summed E-state index contributed by atoms with van der Waals surface area (Å²) in [5.74, 6) is -0.700. The molecule has 0 atom stereocenters. The summed E-state index contributed by atoms with van der Waals surface area (Å²) >= 11 is 1.47. The summed E-state index contributed by atoms with van der Waals surface area (Å²) in [6.07, 6.45) is 3.97. The van der Waals surface area contributed by atoms with E-state index < -0.39 is 5.97 Å².